The number of carbonyl (C=O) groups excluding carboxylic acids is 1. The Kier molecular flexibility index (Phi) is 6.23. The summed E-state index contributed by atoms with van der Waals surface area (Å²) in [6, 6.07) is 12.6. The first kappa shape index (κ1) is 20.3. The van der Waals surface area contributed by atoms with E-state index in [4.69, 9.17) is 21.1 Å². The highest BCUT2D eigenvalue weighted by Crippen LogP contribution is 2.29. The van der Waals surface area contributed by atoms with E-state index in [1.54, 1.807) is 25.3 Å². The van der Waals surface area contributed by atoms with Gasteiger partial charge in [0.25, 0.3) is 5.91 Å². The van der Waals surface area contributed by atoms with Crippen LogP contribution in [0.25, 0.3) is 0 Å². The van der Waals surface area contributed by atoms with Crippen LogP contribution in [0.1, 0.15) is 40.3 Å². The number of rotatable bonds is 7. The van der Waals surface area contributed by atoms with Crippen molar-refractivity contribution in [1.29, 1.82) is 0 Å². The van der Waals surface area contributed by atoms with Gasteiger partial charge in [0.15, 0.2) is 11.5 Å². The number of hydrogen-bond donors (Lipinski definition) is 1. The summed E-state index contributed by atoms with van der Waals surface area (Å²) in [7, 11) is 1.55. The lowest BCUT2D eigenvalue weighted by Crippen LogP contribution is -2.23. The summed E-state index contributed by atoms with van der Waals surface area (Å²) in [5, 5.41) is 3.58. The van der Waals surface area contributed by atoms with E-state index in [2.05, 4.69) is 14.9 Å². The molecule has 4 rings (SSSR count). The highest BCUT2D eigenvalue weighted by atomic mass is 35.5. The molecular weight excluding hydrogens is 402 g/mol. The van der Waals surface area contributed by atoms with Crippen LogP contribution < -0.4 is 14.8 Å². The van der Waals surface area contributed by atoms with Crippen LogP contribution in [0.4, 0.5) is 0 Å². The summed E-state index contributed by atoms with van der Waals surface area (Å²) in [6.07, 6.45) is 5.38. The van der Waals surface area contributed by atoms with Crippen LogP contribution in [0.3, 0.4) is 0 Å². The van der Waals surface area contributed by atoms with Crippen LogP contribution in [0.15, 0.2) is 48.7 Å². The number of ether oxygens (including phenoxy) is 2. The second kappa shape index (κ2) is 9.22. The summed E-state index contributed by atoms with van der Waals surface area (Å²) in [4.78, 5) is 17.2. The van der Waals surface area contributed by atoms with Crippen LogP contribution in [0, 0.1) is 0 Å². The second-order valence-corrected chi connectivity index (χ2v) is 7.63. The van der Waals surface area contributed by atoms with Gasteiger partial charge in [0.05, 0.1) is 19.3 Å². The molecule has 0 spiro atoms. The van der Waals surface area contributed by atoms with E-state index in [1.807, 2.05) is 30.5 Å². The van der Waals surface area contributed by atoms with Crippen molar-refractivity contribution < 1.29 is 14.3 Å². The van der Waals surface area contributed by atoms with Gasteiger partial charge < -0.3 is 19.4 Å². The Hall–Kier alpha value is -2.99. The molecule has 2 aromatic carbocycles. The van der Waals surface area contributed by atoms with Crippen LogP contribution >= 0.6 is 11.6 Å². The molecule has 1 aliphatic rings. The summed E-state index contributed by atoms with van der Waals surface area (Å²) in [5.74, 6) is 1.96. The van der Waals surface area contributed by atoms with Gasteiger partial charge in [-0.1, -0.05) is 29.8 Å². The third-order valence-corrected chi connectivity index (χ3v) is 5.52. The minimum Gasteiger partial charge on any atom is -0.493 e. The zero-order valence-electron chi connectivity index (χ0n) is 16.9. The lowest BCUT2D eigenvalue weighted by molar-refractivity contribution is 0.0950. The zero-order chi connectivity index (χ0) is 20.9. The number of aromatic nitrogens is 2. The second-order valence-electron chi connectivity index (χ2n) is 7.23. The Labute approximate surface area is 180 Å². The first-order valence-corrected chi connectivity index (χ1v) is 10.4. The number of imidazole rings is 1. The summed E-state index contributed by atoms with van der Waals surface area (Å²) >= 11 is 6.18. The van der Waals surface area contributed by atoms with E-state index >= 15 is 0 Å². The highest BCUT2D eigenvalue weighted by molar-refractivity contribution is 6.31. The van der Waals surface area contributed by atoms with Crippen molar-refractivity contribution in [2.45, 2.75) is 39.0 Å². The SMILES string of the molecule is COc1cc(C(=O)NCc2cn3c(n2)CCCC3)ccc1OCc1ccccc1Cl. The number of nitrogens with zero attached hydrogens (tertiary/aromatic N) is 2. The Morgan fingerprint density at radius 1 is 1.20 bits per heavy atom. The molecule has 6 nitrogen and oxygen atoms in total. The fourth-order valence-electron chi connectivity index (χ4n) is 3.53. The molecule has 0 atom stereocenters. The third kappa shape index (κ3) is 4.60. The normalized spacial score (nSPS) is 12.9. The number of benzene rings is 2. The Balaban J connectivity index is 1.39. The molecule has 0 fully saturated rings. The Morgan fingerprint density at radius 2 is 2.07 bits per heavy atom. The van der Waals surface area contributed by atoms with Crippen molar-refractivity contribution in [3.8, 4) is 11.5 Å². The average molecular weight is 426 g/mol. The van der Waals surface area contributed by atoms with Crippen molar-refractivity contribution in [2.75, 3.05) is 7.11 Å². The van der Waals surface area contributed by atoms with Gasteiger partial charge in [0, 0.05) is 35.3 Å². The molecule has 1 aromatic heterocycles. The van der Waals surface area contributed by atoms with Gasteiger partial charge in [-0.2, -0.15) is 0 Å². The van der Waals surface area contributed by atoms with E-state index in [0.717, 1.165) is 30.0 Å². The number of amides is 1. The molecule has 0 saturated carbocycles. The molecule has 0 radical (unpaired) electrons. The quantitative estimate of drug-likeness (QED) is 0.609. The molecule has 0 saturated heterocycles. The van der Waals surface area contributed by atoms with E-state index < -0.39 is 0 Å². The molecule has 1 aliphatic heterocycles. The average Bonchev–Trinajstić information content (AvgIpc) is 3.20. The first-order valence-electron chi connectivity index (χ1n) is 10.0. The summed E-state index contributed by atoms with van der Waals surface area (Å²) in [6.45, 7) is 1.71. The molecule has 7 heteroatoms. The maximum Gasteiger partial charge on any atom is 0.251 e. The van der Waals surface area contributed by atoms with Crippen molar-refractivity contribution in [3.63, 3.8) is 0 Å². The van der Waals surface area contributed by atoms with Gasteiger partial charge in [0.1, 0.15) is 12.4 Å². The number of methoxy groups -OCH3 is 1. The molecule has 1 amide bonds. The Morgan fingerprint density at radius 3 is 2.87 bits per heavy atom. The van der Waals surface area contributed by atoms with Crippen molar-refractivity contribution in [3.05, 3.63) is 76.3 Å². The monoisotopic (exact) mass is 425 g/mol. The molecular formula is C23H24ClN3O3. The first-order chi connectivity index (χ1) is 14.6. The molecule has 0 bridgehead atoms. The maximum absolute atomic E-state index is 12.6. The fourth-order valence-corrected chi connectivity index (χ4v) is 3.72. The number of nitrogens with one attached hydrogen (secondary N) is 1. The molecule has 0 unspecified atom stereocenters. The predicted molar refractivity (Wildman–Crippen MR) is 115 cm³/mol. The topological polar surface area (TPSA) is 65.4 Å². The van der Waals surface area contributed by atoms with Crippen molar-refractivity contribution in [1.82, 2.24) is 14.9 Å². The number of carbonyl (C=O) groups is 1. The van der Waals surface area contributed by atoms with Crippen LogP contribution in [0.2, 0.25) is 5.02 Å². The smallest absolute Gasteiger partial charge is 0.251 e. The predicted octanol–water partition coefficient (Wildman–Crippen LogP) is 4.39. The van der Waals surface area contributed by atoms with Crippen molar-refractivity contribution in [2.24, 2.45) is 0 Å². The molecule has 30 heavy (non-hydrogen) atoms. The van der Waals surface area contributed by atoms with E-state index in [-0.39, 0.29) is 5.91 Å². The van der Waals surface area contributed by atoms with E-state index in [0.29, 0.717) is 35.2 Å². The third-order valence-electron chi connectivity index (χ3n) is 5.16. The molecule has 3 aromatic rings. The standard InChI is InChI=1S/C23H24ClN3O3/c1-29-21-12-16(9-10-20(21)30-15-17-6-2-3-7-19(17)24)23(28)25-13-18-14-27-11-5-4-8-22(27)26-18/h2-3,6-7,9-10,12,14H,4-5,8,11,13,15H2,1H3,(H,25,28). The van der Waals surface area contributed by atoms with Crippen LogP contribution in [0.5, 0.6) is 11.5 Å². The van der Waals surface area contributed by atoms with Crippen LogP contribution in [-0.2, 0) is 26.1 Å². The number of fused-ring (bicyclic) bond motifs is 1. The lowest BCUT2D eigenvalue weighted by Gasteiger charge is -2.13. The largest absolute Gasteiger partial charge is 0.493 e. The zero-order valence-corrected chi connectivity index (χ0v) is 17.6. The summed E-state index contributed by atoms with van der Waals surface area (Å²) in [5.41, 5.74) is 2.26. The maximum atomic E-state index is 12.6. The molecule has 1 N–H and O–H groups in total. The fraction of sp³-hybridized carbons (Fsp3) is 0.304. The minimum atomic E-state index is -0.183. The van der Waals surface area contributed by atoms with Gasteiger partial charge >= 0.3 is 0 Å². The molecule has 0 aliphatic carbocycles. The van der Waals surface area contributed by atoms with Gasteiger partial charge in [-0.15, -0.1) is 0 Å². The van der Waals surface area contributed by atoms with E-state index in [9.17, 15) is 4.79 Å². The Bertz CT molecular complexity index is 1020. The summed E-state index contributed by atoms with van der Waals surface area (Å²) < 4.78 is 13.5. The number of halogens is 1. The number of aryl methyl sites for hydroxylation is 2. The van der Waals surface area contributed by atoms with Gasteiger partial charge in [-0.05, 0) is 37.1 Å². The van der Waals surface area contributed by atoms with Crippen molar-refractivity contribution >= 4 is 17.5 Å². The minimum absolute atomic E-state index is 0.183. The van der Waals surface area contributed by atoms with E-state index in [1.165, 1.54) is 12.8 Å². The molecule has 156 valence electrons. The molecule has 2 heterocycles. The number of hydrogen-bond acceptors (Lipinski definition) is 4. The lowest BCUT2D eigenvalue weighted by atomic mass is 10.2. The van der Waals surface area contributed by atoms with Crippen LogP contribution in [-0.4, -0.2) is 22.6 Å². The highest BCUT2D eigenvalue weighted by Gasteiger charge is 2.15. The van der Waals surface area contributed by atoms with Gasteiger partial charge in [-0.3, -0.25) is 4.79 Å². The van der Waals surface area contributed by atoms with Gasteiger partial charge in [-0.25, -0.2) is 4.98 Å². The van der Waals surface area contributed by atoms with Gasteiger partial charge in [0.2, 0.25) is 0 Å².